The SMILES string of the molecule is CC(Sc1ccc([N+](=O)[O-])cc1)C(=O)Nc1ccc(-n2cncn2)cc1. The highest BCUT2D eigenvalue weighted by atomic mass is 32.2. The van der Waals surface area contributed by atoms with Gasteiger partial charge in [-0.25, -0.2) is 9.67 Å². The van der Waals surface area contributed by atoms with Gasteiger partial charge in [-0.15, -0.1) is 11.8 Å². The van der Waals surface area contributed by atoms with Crippen LogP contribution in [-0.2, 0) is 4.79 Å². The van der Waals surface area contributed by atoms with Crippen LogP contribution < -0.4 is 5.32 Å². The van der Waals surface area contributed by atoms with Gasteiger partial charge >= 0.3 is 0 Å². The van der Waals surface area contributed by atoms with Crippen LogP contribution in [0.3, 0.4) is 0 Å². The van der Waals surface area contributed by atoms with E-state index in [4.69, 9.17) is 0 Å². The molecule has 9 heteroatoms. The number of nitrogens with one attached hydrogen (secondary N) is 1. The molecular weight excluding hydrogens is 354 g/mol. The van der Waals surface area contributed by atoms with Crippen molar-refractivity contribution in [3.63, 3.8) is 0 Å². The van der Waals surface area contributed by atoms with Crippen LogP contribution in [0.25, 0.3) is 5.69 Å². The predicted octanol–water partition coefficient (Wildman–Crippen LogP) is 3.29. The molecule has 0 fully saturated rings. The number of nitro benzene ring substituents is 1. The van der Waals surface area contributed by atoms with E-state index in [9.17, 15) is 14.9 Å². The Hall–Kier alpha value is -3.20. The van der Waals surface area contributed by atoms with Gasteiger partial charge in [0.25, 0.3) is 5.69 Å². The molecule has 1 heterocycles. The van der Waals surface area contributed by atoms with E-state index in [0.29, 0.717) is 5.69 Å². The minimum atomic E-state index is -0.451. The molecule has 0 aliphatic carbocycles. The molecule has 3 aromatic rings. The Morgan fingerprint density at radius 2 is 1.88 bits per heavy atom. The lowest BCUT2D eigenvalue weighted by Gasteiger charge is -2.12. The number of nitrogens with zero attached hydrogens (tertiary/aromatic N) is 4. The molecule has 0 aliphatic heterocycles. The first-order chi connectivity index (χ1) is 12.5. The van der Waals surface area contributed by atoms with Crippen LogP contribution in [0.15, 0.2) is 66.1 Å². The zero-order chi connectivity index (χ0) is 18.5. The topological polar surface area (TPSA) is 103 Å². The van der Waals surface area contributed by atoms with E-state index in [1.807, 2.05) is 12.1 Å². The van der Waals surface area contributed by atoms with Crippen LogP contribution in [0.4, 0.5) is 11.4 Å². The molecule has 1 unspecified atom stereocenters. The summed E-state index contributed by atoms with van der Waals surface area (Å²) in [5, 5.41) is 17.2. The molecular formula is C17H15N5O3S. The number of anilines is 1. The Morgan fingerprint density at radius 3 is 2.46 bits per heavy atom. The Bertz CT molecular complexity index is 895. The highest BCUT2D eigenvalue weighted by molar-refractivity contribution is 8.00. The van der Waals surface area contributed by atoms with Crippen LogP contribution in [0.1, 0.15) is 6.92 Å². The molecule has 1 amide bonds. The molecule has 1 atom stereocenters. The number of amides is 1. The van der Waals surface area contributed by atoms with Crippen molar-refractivity contribution in [3.05, 3.63) is 71.3 Å². The molecule has 2 aromatic carbocycles. The summed E-state index contributed by atoms with van der Waals surface area (Å²) in [4.78, 5) is 27.2. The second kappa shape index (κ2) is 7.79. The van der Waals surface area contributed by atoms with E-state index in [2.05, 4.69) is 15.4 Å². The van der Waals surface area contributed by atoms with E-state index in [0.717, 1.165) is 10.6 Å². The number of thioether (sulfide) groups is 1. The van der Waals surface area contributed by atoms with E-state index < -0.39 is 4.92 Å². The van der Waals surface area contributed by atoms with Gasteiger partial charge in [0.15, 0.2) is 0 Å². The number of hydrogen-bond acceptors (Lipinski definition) is 6. The summed E-state index contributed by atoms with van der Waals surface area (Å²) in [6, 6.07) is 13.4. The van der Waals surface area contributed by atoms with E-state index in [1.54, 1.807) is 42.2 Å². The quantitative estimate of drug-likeness (QED) is 0.406. The first-order valence-electron chi connectivity index (χ1n) is 7.70. The summed E-state index contributed by atoms with van der Waals surface area (Å²) in [6.45, 7) is 1.78. The number of nitro groups is 1. The fourth-order valence-electron chi connectivity index (χ4n) is 2.19. The zero-order valence-corrected chi connectivity index (χ0v) is 14.6. The maximum Gasteiger partial charge on any atom is 0.269 e. The lowest BCUT2D eigenvalue weighted by atomic mass is 10.2. The van der Waals surface area contributed by atoms with E-state index >= 15 is 0 Å². The molecule has 8 nitrogen and oxygen atoms in total. The van der Waals surface area contributed by atoms with Crippen LogP contribution in [-0.4, -0.2) is 30.8 Å². The highest BCUT2D eigenvalue weighted by Gasteiger charge is 2.15. The lowest BCUT2D eigenvalue weighted by Crippen LogP contribution is -2.22. The van der Waals surface area contributed by atoms with Crippen molar-refractivity contribution >= 4 is 29.0 Å². The Kier molecular flexibility index (Phi) is 5.28. The average Bonchev–Trinajstić information content (AvgIpc) is 3.17. The minimum absolute atomic E-state index is 0.0268. The molecule has 1 aromatic heterocycles. The molecule has 0 radical (unpaired) electrons. The summed E-state index contributed by atoms with van der Waals surface area (Å²) in [6.07, 6.45) is 3.04. The van der Waals surface area contributed by atoms with Gasteiger partial charge in [-0.05, 0) is 43.3 Å². The molecule has 0 aliphatic rings. The van der Waals surface area contributed by atoms with Gasteiger partial charge in [0, 0.05) is 22.7 Å². The van der Waals surface area contributed by atoms with Gasteiger partial charge in [-0.2, -0.15) is 5.10 Å². The monoisotopic (exact) mass is 369 g/mol. The second-order valence-electron chi connectivity index (χ2n) is 5.39. The zero-order valence-electron chi connectivity index (χ0n) is 13.8. The van der Waals surface area contributed by atoms with E-state index in [1.165, 1.54) is 30.2 Å². The highest BCUT2D eigenvalue weighted by Crippen LogP contribution is 2.26. The molecule has 3 rings (SSSR count). The smallest absolute Gasteiger partial charge is 0.269 e. The molecule has 0 saturated carbocycles. The van der Waals surface area contributed by atoms with Crippen molar-refractivity contribution in [2.45, 2.75) is 17.1 Å². The Labute approximate surface area is 153 Å². The number of carbonyl (C=O) groups excluding carboxylic acids is 1. The Balaban J connectivity index is 1.59. The fraction of sp³-hybridized carbons (Fsp3) is 0.118. The van der Waals surface area contributed by atoms with Gasteiger partial charge in [-0.1, -0.05) is 0 Å². The van der Waals surface area contributed by atoms with Gasteiger partial charge in [-0.3, -0.25) is 14.9 Å². The van der Waals surface area contributed by atoms with Crippen LogP contribution in [0.2, 0.25) is 0 Å². The van der Waals surface area contributed by atoms with Gasteiger partial charge in [0.1, 0.15) is 12.7 Å². The summed E-state index contributed by atoms with van der Waals surface area (Å²) >= 11 is 1.34. The third-order valence-corrected chi connectivity index (χ3v) is 4.66. The standard InChI is InChI=1S/C17H15N5O3S/c1-12(26-16-8-6-15(7-9-16)22(24)25)17(23)20-13-2-4-14(5-3-13)21-11-18-10-19-21/h2-12H,1H3,(H,20,23). The fourth-order valence-corrected chi connectivity index (χ4v) is 3.05. The van der Waals surface area contributed by atoms with Crippen molar-refractivity contribution in [1.82, 2.24) is 14.8 Å². The molecule has 26 heavy (non-hydrogen) atoms. The maximum absolute atomic E-state index is 12.3. The second-order valence-corrected chi connectivity index (χ2v) is 6.80. The third kappa shape index (κ3) is 4.25. The number of carbonyl (C=O) groups is 1. The first-order valence-corrected chi connectivity index (χ1v) is 8.58. The number of non-ortho nitro benzene ring substituents is 1. The van der Waals surface area contributed by atoms with Gasteiger partial charge < -0.3 is 5.32 Å². The van der Waals surface area contributed by atoms with Gasteiger partial charge in [0.05, 0.1) is 15.9 Å². The summed E-state index contributed by atoms with van der Waals surface area (Å²) in [7, 11) is 0. The third-order valence-electron chi connectivity index (χ3n) is 3.55. The van der Waals surface area contributed by atoms with Crippen LogP contribution in [0.5, 0.6) is 0 Å². The summed E-state index contributed by atoms with van der Waals surface area (Å²) in [5.74, 6) is -0.151. The molecule has 0 spiro atoms. The number of hydrogen-bond donors (Lipinski definition) is 1. The van der Waals surface area contributed by atoms with Crippen LogP contribution >= 0.6 is 11.8 Å². The number of rotatable bonds is 6. The van der Waals surface area contributed by atoms with Crippen molar-refractivity contribution in [1.29, 1.82) is 0 Å². The average molecular weight is 369 g/mol. The van der Waals surface area contributed by atoms with Crippen molar-refractivity contribution in [3.8, 4) is 5.69 Å². The Morgan fingerprint density at radius 1 is 1.19 bits per heavy atom. The van der Waals surface area contributed by atoms with Crippen molar-refractivity contribution in [2.75, 3.05) is 5.32 Å². The normalized spacial score (nSPS) is 11.7. The molecule has 0 bridgehead atoms. The number of aromatic nitrogens is 3. The summed E-state index contributed by atoms with van der Waals surface area (Å²) < 4.78 is 1.62. The molecule has 1 N–H and O–H groups in total. The maximum atomic E-state index is 12.3. The van der Waals surface area contributed by atoms with Crippen molar-refractivity contribution in [2.24, 2.45) is 0 Å². The van der Waals surface area contributed by atoms with E-state index in [-0.39, 0.29) is 16.8 Å². The molecule has 0 saturated heterocycles. The predicted molar refractivity (Wildman–Crippen MR) is 98.4 cm³/mol. The van der Waals surface area contributed by atoms with Gasteiger partial charge in [0.2, 0.25) is 5.91 Å². The minimum Gasteiger partial charge on any atom is -0.325 e. The van der Waals surface area contributed by atoms with Crippen molar-refractivity contribution < 1.29 is 9.72 Å². The lowest BCUT2D eigenvalue weighted by molar-refractivity contribution is -0.384. The number of benzene rings is 2. The first kappa shape index (κ1) is 17.6. The summed E-state index contributed by atoms with van der Waals surface area (Å²) in [5.41, 5.74) is 1.54. The van der Waals surface area contributed by atoms with Crippen LogP contribution in [0, 0.1) is 10.1 Å². The molecule has 132 valence electrons. The largest absolute Gasteiger partial charge is 0.325 e.